The Labute approximate surface area is 121 Å². The minimum atomic E-state index is -0.406. The highest BCUT2D eigenvalue weighted by molar-refractivity contribution is 5.87. The topological polar surface area (TPSA) is 68.5 Å². The van der Waals surface area contributed by atoms with Crippen molar-refractivity contribution in [3.63, 3.8) is 0 Å². The van der Waals surface area contributed by atoms with E-state index in [-0.39, 0.29) is 6.04 Å². The van der Waals surface area contributed by atoms with Crippen LogP contribution in [0, 0.1) is 5.92 Å². The Balaban J connectivity index is 2.53. The van der Waals surface area contributed by atoms with Crippen LogP contribution in [0.25, 0.3) is 0 Å². The second kappa shape index (κ2) is 7.97. The first kappa shape index (κ1) is 16.6. The van der Waals surface area contributed by atoms with E-state index in [1.807, 2.05) is 19.2 Å². The third-order valence-electron chi connectivity index (χ3n) is 3.33. The van der Waals surface area contributed by atoms with Crippen molar-refractivity contribution in [3.8, 4) is 0 Å². The molecular formula is C15H25N3O2. The Bertz CT molecular complexity index is 435. The molecule has 112 valence electrons. The average Bonchev–Trinajstić information content (AvgIpc) is 2.43. The third kappa shape index (κ3) is 5.27. The van der Waals surface area contributed by atoms with Crippen molar-refractivity contribution in [3.05, 3.63) is 29.6 Å². The molecule has 0 aliphatic rings. The molecule has 0 fully saturated rings. The first-order valence-corrected chi connectivity index (χ1v) is 6.92. The summed E-state index contributed by atoms with van der Waals surface area (Å²) in [5.41, 5.74) is 7.24. The fourth-order valence-electron chi connectivity index (χ4n) is 1.84. The van der Waals surface area contributed by atoms with Gasteiger partial charge in [0, 0.05) is 12.6 Å². The van der Waals surface area contributed by atoms with Gasteiger partial charge in [-0.15, -0.1) is 0 Å². The van der Waals surface area contributed by atoms with Gasteiger partial charge in [-0.2, -0.15) is 0 Å². The quantitative estimate of drug-likeness (QED) is 0.769. The fraction of sp³-hybridized carbons (Fsp3) is 0.600. The number of ether oxygens (including phenoxy) is 1. The number of nitrogens with two attached hydrogens (primary N) is 1. The number of hydrogen-bond acceptors (Lipinski definition) is 5. The Morgan fingerprint density at radius 2 is 2.15 bits per heavy atom. The van der Waals surface area contributed by atoms with Crippen LogP contribution in [0.3, 0.4) is 0 Å². The minimum absolute atomic E-state index is 0.215. The van der Waals surface area contributed by atoms with Gasteiger partial charge in [-0.25, -0.2) is 9.78 Å². The van der Waals surface area contributed by atoms with E-state index in [2.05, 4.69) is 28.5 Å². The molecule has 0 saturated heterocycles. The van der Waals surface area contributed by atoms with Gasteiger partial charge in [0.1, 0.15) is 5.69 Å². The van der Waals surface area contributed by atoms with Gasteiger partial charge in [0.2, 0.25) is 0 Å². The molecule has 1 heterocycles. The zero-order valence-corrected chi connectivity index (χ0v) is 12.8. The Morgan fingerprint density at radius 3 is 2.75 bits per heavy atom. The number of pyridine rings is 1. The molecule has 20 heavy (non-hydrogen) atoms. The van der Waals surface area contributed by atoms with Gasteiger partial charge in [0.15, 0.2) is 0 Å². The Hall–Kier alpha value is -1.46. The molecule has 1 atom stereocenters. The smallest absolute Gasteiger partial charge is 0.356 e. The maximum absolute atomic E-state index is 11.4. The summed E-state index contributed by atoms with van der Waals surface area (Å²) in [7, 11) is 3.38. The maximum Gasteiger partial charge on any atom is 0.356 e. The van der Waals surface area contributed by atoms with E-state index in [0.717, 1.165) is 18.7 Å². The van der Waals surface area contributed by atoms with Gasteiger partial charge in [-0.05, 0) is 38.1 Å². The molecule has 0 aliphatic carbocycles. The summed E-state index contributed by atoms with van der Waals surface area (Å²) < 4.78 is 4.67. The van der Waals surface area contributed by atoms with E-state index in [1.54, 1.807) is 6.07 Å². The number of esters is 1. The number of rotatable bonds is 7. The molecular weight excluding hydrogens is 254 g/mol. The van der Waals surface area contributed by atoms with Gasteiger partial charge in [-0.1, -0.05) is 19.9 Å². The summed E-state index contributed by atoms with van der Waals surface area (Å²) in [4.78, 5) is 17.9. The molecule has 1 unspecified atom stereocenters. The zero-order chi connectivity index (χ0) is 15.1. The van der Waals surface area contributed by atoms with Gasteiger partial charge in [0.25, 0.3) is 0 Å². The van der Waals surface area contributed by atoms with Crippen LogP contribution in [0.15, 0.2) is 18.2 Å². The van der Waals surface area contributed by atoms with E-state index in [0.29, 0.717) is 18.2 Å². The SMILES string of the molecule is COC(=O)c1cccc(CN(C)CCC(N)C(C)C)n1. The number of hydrogen-bond donors (Lipinski definition) is 1. The molecule has 0 bridgehead atoms. The molecule has 0 radical (unpaired) electrons. The van der Waals surface area contributed by atoms with Crippen LogP contribution in [0.2, 0.25) is 0 Å². The third-order valence-corrected chi connectivity index (χ3v) is 3.33. The number of nitrogens with zero attached hydrogens (tertiary/aromatic N) is 2. The zero-order valence-electron chi connectivity index (χ0n) is 12.8. The van der Waals surface area contributed by atoms with E-state index >= 15 is 0 Å². The first-order valence-electron chi connectivity index (χ1n) is 6.92. The number of carbonyl (C=O) groups is 1. The van der Waals surface area contributed by atoms with Crippen molar-refractivity contribution in [1.82, 2.24) is 9.88 Å². The van der Waals surface area contributed by atoms with Crippen molar-refractivity contribution >= 4 is 5.97 Å². The van der Waals surface area contributed by atoms with Crippen LogP contribution in [0.5, 0.6) is 0 Å². The van der Waals surface area contributed by atoms with Crippen molar-refractivity contribution in [2.45, 2.75) is 32.9 Å². The van der Waals surface area contributed by atoms with Crippen LogP contribution >= 0.6 is 0 Å². The van der Waals surface area contributed by atoms with Crippen LogP contribution in [0.4, 0.5) is 0 Å². The van der Waals surface area contributed by atoms with Crippen LogP contribution in [0.1, 0.15) is 36.5 Å². The average molecular weight is 279 g/mol. The van der Waals surface area contributed by atoms with E-state index in [4.69, 9.17) is 5.73 Å². The highest BCUT2D eigenvalue weighted by Crippen LogP contribution is 2.07. The van der Waals surface area contributed by atoms with Crippen LogP contribution in [-0.2, 0) is 11.3 Å². The van der Waals surface area contributed by atoms with Crippen molar-refractivity contribution in [2.75, 3.05) is 20.7 Å². The van der Waals surface area contributed by atoms with E-state index < -0.39 is 5.97 Å². The fourth-order valence-corrected chi connectivity index (χ4v) is 1.84. The van der Waals surface area contributed by atoms with E-state index in [1.165, 1.54) is 7.11 Å². The predicted octanol–water partition coefficient (Wildman–Crippen LogP) is 1.67. The molecule has 0 aliphatic heterocycles. The number of methoxy groups -OCH3 is 1. The summed E-state index contributed by atoms with van der Waals surface area (Å²) >= 11 is 0. The predicted molar refractivity (Wildman–Crippen MR) is 79.3 cm³/mol. The molecule has 5 nitrogen and oxygen atoms in total. The van der Waals surface area contributed by atoms with Crippen molar-refractivity contribution in [1.29, 1.82) is 0 Å². The summed E-state index contributed by atoms with van der Waals surface area (Å²) in [5, 5.41) is 0. The van der Waals surface area contributed by atoms with Crippen molar-refractivity contribution in [2.24, 2.45) is 11.7 Å². The Kier molecular flexibility index (Phi) is 6.61. The minimum Gasteiger partial charge on any atom is -0.464 e. The molecule has 0 amide bonds. The molecule has 0 aromatic carbocycles. The number of aromatic nitrogens is 1. The standard InChI is InChI=1S/C15H25N3O2/c1-11(2)13(16)8-9-18(3)10-12-6-5-7-14(17-12)15(19)20-4/h5-7,11,13H,8-10,16H2,1-4H3. The number of carbonyl (C=O) groups excluding carboxylic acids is 1. The summed E-state index contributed by atoms with van der Waals surface area (Å²) in [5.74, 6) is 0.0838. The lowest BCUT2D eigenvalue weighted by molar-refractivity contribution is 0.0593. The molecule has 1 aromatic heterocycles. The lowest BCUT2D eigenvalue weighted by Crippen LogP contribution is -2.31. The Morgan fingerprint density at radius 1 is 1.45 bits per heavy atom. The molecule has 1 rings (SSSR count). The summed E-state index contributed by atoms with van der Waals surface area (Å²) in [6.07, 6.45) is 0.949. The van der Waals surface area contributed by atoms with Gasteiger partial charge in [0.05, 0.1) is 12.8 Å². The van der Waals surface area contributed by atoms with Crippen molar-refractivity contribution < 1.29 is 9.53 Å². The lowest BCUT2D eigenvalue weighted by Gasteiger charge is -2.21. The molecule has 5 heteroatoms. The summed E-state index contributed by atoms with van der Waals surface area (Å²) in [6.45, 7) is 5.86. The largest absolute Gasteiger partial charge is 0.464 e. The normalized spacial score (nSPS) is 12.8. The maximum atomic E-state index is 11.4. The van der Waals surface area contributed by atoms with Crippen LogP contribution < -0.4 is 5.73 Å². The lowest BCUT2D eigenvalue weighted by atomic mass is 10.0. The highest BCUT2D eigenvalue weighted by atomic mass is 16.5. The monoisotopic (exact) mass is 279 g/mol. The van der Waals surface area contributed by atoms with Gasteiger partial charge >= 0.3 is 5.97 Å². The molecule has 0 saturated carbocycles. The summed E-state index contributed by atoms with van der Waals surface area (Å²) in [6, 6.07) is 5.60. The molecule has 2 N–H and O–H groups in total. The van der Waals surface area contributed by atoms with E-state index in [9.17, 15) is 4.79 Å². The first-order chi connectivity index (χ1) is 9.43. The van der Waals surface area contributed by atoms with Gasteiger partial charge < -0.3 is 15.4 Å². The van der Waals surface area contributed by atoms with Gasteiger partial charge in [-0.3, -0.25) is 0 Å². The molecule has 0 spiro atoms. The highest BCUT2D eigenvalue weighted by Gasteiger charge is 2.11. The molecule has 1 aromatic rings. The second-order valence-electron chi connectivity index (χ2n) is 5.44. The van der Waals surface area contributed by atoms with Crippen LogP contribution in [-0.4, -0.2) is 42.6 Å². The second-order valence-corrected chi connectivity index (χ2v) is 5.44.